The summed E-state index contributed by atoms with van der Waals surface area (Å²) in [6.45, 7) is 4.70. The Morgan fingerprint density at radius 2 is 2.35 bits per heavy atom. The standard InChI is InChI=1S/C15H23N7S/c1-16-15(18-9-14-19-11-20-21(14)2)17-5-7-22-6-3-13-12(10-22)4-8-23-13/h4,8,11H,3,5-7,9-10H2,1-2H3,(H2,16,17,18). The smallest absolute Gasteiger partial charge is 0.191 e. The van der Waals surface area contributed by atoms with E-state index in [-0.39, 0.29) is 0 Å². The van der Waals surface area contributed by atoms with Crippen molar-refractivity contribution in [3.8, 4) is 0 Å². The molecule has 0 radical (unpaired) electrons. The van der Waals surface area contributed by atoms with E-state index in [0.29, 0.717) is 6.54 Å². The van der Waals surface area contributed by atoms with Crippen LogP contribution >= 0.6 is 11.3 Å². The van der Waals surface area contributed by atoms with Crippen LogP contribution in [0.25, 0.3) is 0 Å². The second kappa shape index (κ2) is 7.56. The lowest BCUT2D eigenvalue weighted by Gasteiger charge is -2.27. The van der Waals surface area contributed by atoms with Gasteiger partial charge in [0.05, 0.1) is 6.54 Å². The average Bonchev–Trinajstić information content (AvgIpc) is 3.19. The number of hydrogen-bond donors (Lipinski definition) is 2. The lowest BCUT2D eigenvalue weighted by molar-refractivity contribution is 0.260. The fraction of sp³-hybridized carbons (Fsp3) is 0.533. The van der Waals surface area contributed by atoms with Crippen LogP contribution in [0.5, 0.6) is 0 Å². The molecule has 23 heavy (non-hydrogen) atoms. The van der Waals surface area contributed by atoms with E-state index in [1.165, 1.54) is 12.0 Å². The molecule has 2 aromatic heterocycles. The zero-order chi connectivity index (χ0) is 16.1. The van der Waals surface area contributed by atoms with Gasteiger partial charge in [0, 0.05) is 45.2 Å². The Kier molecular flexibility index (Phi) is 5.24. The number of rotatable bonds is 5. The SMILES string of the molecule is CN=C(NCCN1CCc2sccc2C1)NCc1ncnn1C. The predicted octanol–water partition coefficient (Wildman–Crippen LogP) is 0.600. The van der Waals surface area contributed by atoms with E-state index in [4.69, 9.17) is 0 Å². The monoisotopic (exact) mass is 333 g/mol. The zero-order valence-corrected chi connectivity index (χ0v) is 14.4. The molecule has 2 aromatic rings. The average molecular weight is 333 g/mol. The van der Waals surface area contributed by atoms with Crippen molar-refractivity contribution in [2.24, 2.45) is 12.0 Å². The van der Waals surface area contributed by atoms with Crippen LogP contribution in [0.2, 0.25) is 0 Å². The van der Waals surface area contributed by atoms with Gasteiger partial charge in [-0.15, -0.1) is 11.3 Å². The Bertz CT molecular complexity index is 660. The normalized spacial score (nSPS) is 15.5. The topological polar surface area (TPSA) is 70.4 Å². The molecule has 0 amide bonds. The van der Waals surface area contributed by atoms with Crippen LogP contribution in [-0.4, -0.2) is 52.3 Å². The highest BCUT2D eigenvalue weighted by Gasteiger charge is 2.16. The minimum absolute atomic E-state index is 0.609. The number of hydrogen-bond acceptors (Lipinski definition) is 5. The summed E-state index contributed by atoms with van der Waals surface area (Å²) in [5, 5.41) is 12.9. The molecule has 3 rings (SSSR count). The molecule has 7 nitrogen and oxygen atoms in total. The summed E-state index contributed by atoms with van der Waals surface area (Å²) >= 11 is 1.88. The van der Waals surface area contributed by atoms with Crippen LogP contribution in [0.15, 0.2) is 22.8 Å². The van der Waals surface area contributed by atoms with Crippen LogP contribution in [0.4, 0.5) is 0 Å². The van der Waals surface area contributed by atoms with Gasteiger partial charge in [0.15, 0.2) is 5.96 Å². The van der Waals surface area contributed by atoms with Gasteiger partial charge in [-0.2, -0.15) is 5.10 Å². The molecule has 0 aliphatic carbocycles. The van der Waals surface area contributed by atoms with Crippen LogP contribution < -0.4 is 10.6 Å². The fourth-order valence-corrected chi connectivity index (χ4v) is 3.58. The maximum Gasteiger partial charge on any atom is 0.191 e. The summed E-state index contributed by atoms with van der Waals surface area (Å²) < 4.78 is 1.76. The van der Waals surface area contributed by atoms with Crippen molar-refractivity contribution in [2.45, 2.75) is 19.5 Å². The summed E-state index contributed by atoms with van der Waals surface area (Å²) in [5.74, 6) is 1.68. The van der Waals surface area contributed by atoms with E-state index >= 15 is 0 Å². The van der Waals surface area contributed by atoms with Crippen LogP contribution in [-0.2, 0) is 26.6 Å². The van der Waals surface area contributed by atoms with Crippen molar-refractivity contribution in [2.75, 3.05) is 26.7 Å². The molecule has 2 N–H and O–H groups in total. The molecule has 0 unspecified atom stereocenters. The van der Waals surface area contributed by atoms with Gasteiger partial charge >= 0.3 is 0 Å². The quantitative estimate of drug-likeness (QED) is 0.619. The molecule has 0 atom stereocenters. The lowest BCUT2D eigenvalue weighted by atomic mass is 10.1. The zero-order valence-electron chi connectivity index (χ0n) is 13.6. The van der Waals surface area contributed by atoms with Crippen LogP contribution in [0.3, 0.4) is 0 Å². The Balaban J connectivity index is 1.40. The third kappa shape index (κ3) is 4.08. The fourth-order valence-electron chi connectivity index (χ4n) is 2.69. The Morgan fingerprint density at radius 1 is 1.43 bits per heavy atom. The number of fused-ring (bicyclic) bond motifs is 1. The maximum absolute atomic E-state index is 4.25. The molecule has 0 saturated carbocycles. The van der Waals surface area contributed by atoms with E-state index in [1.54, 1.807) is 22.9 Å². The highest BCUT2D eigenvalue weighted by molar-refractivity contribution is 7.10. The van der Waals surface area contributed by atoms with Crippen LogP contribution in [0.1, 0.15) is 16.3 Å². The molecule has 0 aromatic carbocycles. The maximum atomic E-state index is 4.25. The van der Waals surface area contributed by atoms with Crippen molar-refractivity contribution in [1.29, 1.82) is 0 Å². The first-order valence-corrected chi connectivity index (χ1v) is 8.69. The number of guanidine groups is 1. The molecule has 1 aliphatic rings. The summed E-state index contributed by atoms with van der Waals surface area (Å²) in [6.07, 6.45) is 2.73. The molecule has 3 heterocycles. The Hall–Kier alpha value is -1.93. The van der Waals surface area contributed by atoms with Gasteiger partial charge in [-0.3, -0.25) is 14.6 Å². The van der Waals surface area contributed by atoms with E-state index in [0.717, 1.165) is 38.0 Å². The summed E-state index contributed by atoms with van der Waals surface area (Å²) in [6, 6.07) is 2.25. The van der Waals surface area contributed by atoms with E-state index in [9.17, 15) is 0 Å². The third-order valence-corrected chi connectivity index (χ3v) is 5.07. The first-order chi connectivity index (χ1) is 11.3. The van der Waals surface area contributed by atoms with Crippen molar-refractivity contribution in [3.05, 3.63) is 34.0 Å². The first-order valence-electron chi connectivity index (χ1n) is 7.81. The minimum Gasteiger partial charge on any atom is -0.355 e. The molecule has 0 spiro atoms. The highest BCUT2D eigenvalue weighted by Crippen LogP contribution is 2.23. The Morgan fingerprint density at radius 3 is 3.13 bits per heavy atom. The summed E-state index contributed by atoms with van der Waals surface area (Å²) in [7, 11) is 3.67. The summed E-state index contributed by atoms with van der Waals surface area (Å²) in [4.78, 5) is 12.5. The van der Waals surface area contributed by atoms with Gasteiger partial charge in [0.2, 0.25) is 0 Å². The molecule has 0 saturated heterocycles. The van der Waals surface area contributed by atoms with Gasteiger partial charge in [0.25, 0.3) is 0 Å². The third-order valence-electron chi connectivity index (χ3n) is 4.05. The van der Waals surface area contributed by atoms with Gasteiger partial charge in [-0.25, -0.2) is 4.98 Å². The molecule has 124 valence electrons. The number of aliphatic imine (C=N–C) groups is 1. The van der Waals surface area contributed by atoms with Gasteiger partial charge in [-0.05, 0) is 23.4 Å². The van der Waals surface area contributed by atoms with E-state index in [1.807, 2.05) is 18.4 Å². The van der Waals surface area contributed by atoms with Gasteiger partial charge in [0.1, 0.15) is 12.2 Å². The predicted molar refractivity (Wildman–Crippen MR) is 92.5 cm³/mol. The molecule has 8 heteroatoms. The second-order valence-electron chi connectivity index (χ2n) is 5.55. The number of aromatic nitrogens is 3. The first kappa shape index (κ1) is 15.9. The molecule has 0 fully saturated rings. The molecule has 0 bridgehead atoms. The Labute approximate surface area is 140 Å². The number of nitrogens with zero attached hydrogens (tertiary/aromatic N) is 5. The second-order valence-corrected chi connectivity index (χ2v) is 6.55. The van der Waals surface area contributed by atoms with Crippen molar-refractivity contribution >= 4 is 17.3 Å². The number of aryl methyl sites for hydroxylation is 1. The van der Waals surface area contributed by atoms with Gasteiger partial charge < -0.3 is 10.6 Å². The van der Waals surface area contributed by atoms with Crippen LogP contribution in [0, 0.1) is 0 Å². The van der Waals surface area contributed by atoms with Gasteiger partial charge in [-0.1, -0.05) is 0 Å². The number of nitrogens with one attached hydrogen (secondary N) is 2. The molecular formula is C15H23N7S. The van der Waals surface area contributed by atoms with Crippen molar-refractivity contribution < 1.29 is 0 Å². The van der Waals surface area contributed by atoms with Crippen molar-refractivity contribution in [1.82, 2.24) is 30.3 Å². The molecular weight excluding hydrogens is 310 g/mol. The minimum atomic E-state index is 0.609. The lowest BCUT2D eigenvalue weighted by Crippen LogP contribution is -2.42. The van der Waals surface area contributed by atoms with E-state index in [2.05, 4.69) is 42.1 Å². The summed E-state index contributed by atoms with van der Waals surface area (Å²) in [5.41, 5.74) is 1.49. The largest absolute Gasteiger partial charge is 0.355 e. The highest BCUT2D eigenvalue weighted by atomic mass is 32.1. The molecule has 1 aliphatic heterocycles. The van der Waals surface area contributed by atoms with E-state index < -0.39 is 0 Å². The number of thiophene rings is 1. The van der Waals surface area contributed by atoms with Crippen molar-refractivity contribution in [3.63, 3.8) is 0 Å².